The number of rotatable bonds is 7. The van der Waals surface area contributed by atoms with E-state index in [0.29, 0.717) is 5.56 Å². The van der Waals surface area contributed by atoms with Crippen LogP contribution in [0.2, 0.25) is 0 Å². The summed E-state index contributed by atoms with van der Waals surface area (Å²) in [6.45, 7) is 1.75. The molecule has 0 bridgehead atoms. The van der Waals surface area contributed by atoms with Crippen molar-refractivity contribution in [2.75, 3.05) is 6.54 Å². The Hall–Kier alpha value is -2.57. The van der Waals surface area contributed by atoms with Gasteiger partial charge in [-0.05, 0) is 30.0 Å². The summed E-state index contributed by atoms with van der Waals surface area (Å²) in [5, 5.41) is 7.98. The lowest BCUT2D eigenvalue weighted by atomic mass is 10.1. The van der Waals surface area contributed by atoms with Crippen LogP contribution in [0.25, 0.3) is 0 Å². The standard InChI is InChI=1S/C21H20F2N2OS/c1-14(17-10-9-16(22)12-18(17)23)24-13-20(26)25-21(19-8-5-11-27-19)15-6-3-2-4-7-15/h2-12,14,21,24H,13H2,1H3,(H,25,26)/t14-,21+/m0/s1. The summed E-state index contributed by atoms with van der Waals surface area (Å²) in [6, 6.07) is 16.4. The fourth-order valence-electron chi connectivity index (χ4n) is 2.84. The third kappa shape index (κ3) is 4.99. The predicted octanol–water partition coefficient (Wildman–Crippen LogP) is 4.58. The number of carbonyl (C=O) groups is 1. The molecule has 1 aromatic heterocycles. The molecule has 0 spiro atoms. The Bertz CT molecular complexity index is 884. The van der Waals surface area contributed by atoms with Gasteiger partial charge in [-0.2, -0.15) is 0 Å². The average molecular weight is 386 g/mol. The minimum absolute atomic E-state index is 0.0205. The molecule has 27 heavy (non-hydrogen) atoms. The fourth-order valence-corrected chi connectivity index (χ4v) is 3.64. The zero-order chi connectivity index (χ0) is 19.2. The van der Waals surface area contributed by atoms with E-state index in [1.807, 2.05) is 47.8 Å². The van der Waals surface area contributed by atoms with Crippen molar-refractivity contribution < 1.29 is 13.6 Å². The molecule has 2 atom stereocenters. The van der Waals surface area contributed by atoms with Crippen LogP contribution >= 0.6 is 11.3 Å². The minimum atomic E-state index is -0.629. The monoisotopic (exact) mass is 386 g/mol. The number of benzene rings is 2. The van der Waals surface area contributed by atoms with Crippen LogP contribution in [0.3, 0.4) is 0 Å². The maximum absolute atomic E-state index is 13.9. The van der Waals surface area contributed by atoms with E-state index >= 15 is 0 Å². The van der Waals surface area contributed by atoms with E-state index in [2.05, 4.69) is 10.6 Å². The van der Waals surface area contributed by atoms with E-state index in [-0.39, 0.29) is 18.5 Å². The van der Waals surface area contributed by atoms with Crippen LogP contribution in [0, 0.1) is 11.6 Å². The SMILES string of the molecule is C[C@H](NCC(=O)N[C@H](c1ccccc1)c1cccs1)c1ccc(F)cc1F. The van der Waals surface area contributed by atoms with Gasteiger partial charge in [0.15, 0.2) is 0 Å². The first-order valence-electron chi connectivity index (χ1n) is 8.60. The Morgan fingerprint density at radius 2 is 1.85 bits per heavy atom. The smallest absolute Gasteiger partial charge is 0.234 e. The highest BCUT2D eigenvalue weighted by Crippen LogP contribution is 2.25. The number of amides is 1. The molecule has 0 radical (unpaired) electrons. The van der Waals surface area contributed by atoms with Gasteiger partial charge in [0.1, 0.15) is 11.6 Å². The maximum atomic E-state index is 13.9. The van der Waals surface area contributed by atoms with Crippen molar-refractivity contribution in [3.8, 4) is 0 Å². The largest absolute Gasteiger partial charge is 0.343 e. The zero-order valence-corrected chi connectivity index (χ0v) is 15.6. The van der Waals surface area contributed by atoms with Crippen LogP contribution in [0.5, 0.6) is 0 Å². The Morgan fingerprint density at radius 1 is 1.07 bits per heavy atom. The van der Waals surface area contributed by atoms with Gasteiger partial charge >= 0.3 is 0 Å². The minimum Gasteiger partial charge on any atom is -0.343 e. The van der Waals surface area contributed by atoms with Crippen LogP contribution < -0.4 is 10.6 Å². The molecule has 0 aliphatic rings. The molecule has 0 fully saturated rings. The molecule has 3 nitrogen and oxygen atoms in total. The number of hydrogen-bond acceptors (Lipinski definition) is 3. The Kier molecular flexibility index (Phi) is 6.32. The third-order valence-electron chi connectivity index (χ3n) is 4.26. The molecular weight excluding hydrogens is 366 g/mol. The quantitative estimate of drug-likeness (QED) is 0.624. The molecule has 0 aliphatic heterocycles. The number of thiophene rings is 1. The highest BCUT2D eigenvalue weighted by Gasteiger charge is 2.18. The molecule has 0 saturated heterocycles. The summed E-state index contributed by atoms with van der Waals surface area (Å²) in [5.41, 5.74) is 1.31. The van der Waals surface area contributed by atoms with Crippen LogP contribution in [0.15, 0.2) is 66.0 Å². The van der Waals surface area contributed by atoms with Gasteiger partial charge < -0.3 is 10.6 Å². The van der Waals surface area contributed by atoms with E-state index in [4.69, 9.17) is 0 Å². The van der Waals surface area contributed by atoms with E-state index in [1.54, 1.807) is 18.3 Å². The summed E-state index contributed by atoms with van der Waals surface area (Å²) in [4.78, 5) is 13.5. The van der Waals surface area contributed by atoms with Crippen LogP contribution in [0.1, 0.15) is 35.0 Å². The van der Waals surface area contributed by atoms with Gasteiger partial charge in [-0.15, -0.1) is 11.3 Å². The fraction of sp³-hybridized carbons (Fsp3) is 0.190. The lowest BCUT2D eigenvalue weighted by Crippen LogP contribution is -2.37. The lowest BCUT2D eigenvalue weighted by molar-refractivity contribution is -0.120. The van der Waals surface area contributed by atoms with Crippen molar-refractivity contribution in [2.45, 2.75) is 19.0 Å². The molecule has 0 aliphatic carbocycles. The first-order chi connectivity index (χ1) is 13.0. The molecule has 140 valence electrons. The molecular formula is C21H20F2N2OS. The summed E-state index contributed by atoms with van der Waals surface area (Å²) in [5.74, 6) is -1.45. The van der Waals surface area contributed by atoms with E-state index in [0.717, 1.165) is 16.5 Å². The predicted molar refractivity (Wildman–Crippen MR) is 104 cm³/mol. The topological polar surface area (TPSA) is 41.1 Å². The molecule has 0 saturated carbocycles. The molecule has 1 amide bonds. The summed E-state index contributed by atoms with van der Waals surface area (Å²) >= 11 is 1.57. The van der Waals surface area contributed by atoms with Gasteiger partial charge in [0.05, 0.1) is 12.6 Å². The Morgan fingerprint density at radius 3 is 2.52 bits per heavy atom. The maximum Gasteiger partial charge on any atom is 0.234 e. The van der Waals surface area contributed by atoms with Crippen LogP contribution in [0.4, 0.5) is 8.78 Å². The second-order valence-electron chi connectivity index (χ2n) is 6.20. The second kappa shape index (κ2) is 8.88. The summed E-state index contributed by atoms with van der Waals surface area (Å²) in [6.07, 6.45) is 0. The van der Waals surface area contributed by atoms with Crippen LogP contribution in [-0.4, -0.2) is 12.5 Å². The number of carbonyl (C=O) groups excluding carboxylic acids is 1. The van der Waals surface area contributed by atoms with Gasteiger partial charge in [0.25, 0.3) is 0 Å². The molecule has 3 rings (SSSR count). The zero-order valence-electron chi connectivity index (χ0n) is 14.8. The molecule has 6 heteroatoms. The van der Waals surface area contributed by atoms with Gasteiger partial charge in [0.2, 0.25) is 5.91 Å². The highest BCUT2D eigenvalue weighted by atomic mass is 32.1. The van der Waals surface area contributed by atoms with Crippen molar-refractivity contribution in [1.29, 1.82) is 0 Å². The van der Waals surface area contributed by atoms with Gasteiger partial charge in [-0.25, -0.2) is 8.78 Å². The van der Waals surface area contributed by atoms with Crippen molar-refractivity contribution in [3.63, 3.8) is 0 Å². The average Bonchev–Trinajstić information content (AvgIpc) is 3.19. The van der Waals surface area contributed by atoms with Gasteiger partial charge in [0, 0.05) is 22.5 Å². The molecule has 2 aromatic carbocycles. The third-order valence-corrected chi connectivity index (χ3v) is 5.20. The molecule has 2 N–H and O–H groups in total. The number of halogens is 2. The summed E-state index contributed by atoms with van der Waals surface area (Å²) in [7, 11) is 0. The Balaban J connectivity index is 1.64. The normalized spacial score (nSPS) is 13.1. The van der Waals surface area contributed by atoms with E-state index in [1.165, 1.54) is 12.1 Å². The highest BCUT2D eigenvalue weighted by molar-refractivity contribution is 7.10. The first-order valence-corrected chi connectivity index (χ1v) is 9.48. The summed E-state index contributed by atoms with van der Waals surface area (Å²) < 4.78 is 26.9. The van der Waals surface area contributed by atoms with Crippen molar-refractivity contribution in [1.82, 2.24) is 10.6 Å². The number of hydrogen-bond donors (Lipinski definition) is 2. The van der Waals surface area contributed by atoms with Gasteiger partial charge in [-0.3, -0.25) is 4.79 Å². The number of nitrogens with one attached hydrogen (secondary N) is 2. The van der Waals surface area contributed by atoms with E-state index in [9.17, 15) is 13.6 Å². The first kappa shape index (κ1) is 19.2. The van der Waals surface area contributed by atoms with Crippen molar-refractivity contribution in [3.05, 3.63) is 93.7 Å². The van der Waals surface area contributed by atoms with E-state index < -0.39 is 17.7 Å². The van der Waals surface area contributed by atoms with Crippen molar-refractivity contribution in [2.24, 2.45) is 0 Å². The Labute approximate surface area is 161 Å². The molecule has 3 aromatic rings. The lowest BCUT2D eigenvalue weighted by Gasteiger charge is -2.20. The van der Waals surface area contributed by atoms with Crippen molar-refractivity contribution >= 4 is 17.2 Å². The molecule has 0 unspecified atom stereocenters. The van der Waals surface area contributed by atoms with Gasteiger partial charge in [-0.1, -0.05) is 42.5 Å². The second-order valence-corrected chi connectivity index (χ2v) is 7.17. The van der Waals surface area contributed by atoms with Crippen LogP contribution in [-0.2, 0) is 4.79 Å². The molecule has 1 heterocycles.